The van der Waals surface area contributed by atoms with E-state index in [2.05, 4.69) is 18.1 Å². The molecule has 2 aliphatic rings. The predicted octanol–water partition coefficient (Wildman–Crippen LogP) is 6.18. The highest BCUT2D eigenvalue weighted by molar-refractivity contribution is 7.89. The van der Waals surface area contributed by atoms with Gasteiger partial charge in [0.15, 0.2) is 0 Å². The van der Waals surface area contributed by atoms with Crippen LogP contribution in [0.1, 0.15) is 56.4 Å². The fourth-order valence-corrected chi connectivity index (χ4v) is 7.69. The molecular formula is C30H35F2N3O2S. The van der Waals surface area contributed by atoms with Crippen molar-refractivity contribution in [2.24, 2.45) is 11.3 Å². The van der Waals surface area contributed by atoms with Crippen molar-refractivity contribution in [3.8, 4) is 5.69 Å². The third-order valence-electron chi connectivity index (χ3n) is 8.38. The molecule has 1 saturated carbocycles. The van der Waals surface area contributed by atoms with Gasteiger partial charge in [-0.1, -0.05) is 44.0 Å². The molecule has 2 aromatic carbocycles. The maximum atomic E-state index is 14.3. The van der Waals surface area contributed by atoms with Crippen LogP contribution in [0.4, 0.5) is 8.78 Å². The average molecular weight is 540 g/mol. The summed E-state index contributed by atoms with van der Waals surface area (Å²) >= 11 is 0. The van der Waals surface area contributed by atoms with Gasteiger partial charge < -0.3 is 0 Å². The zero-order chi connectivity index (χ0) is 26.9. The number of unbranched alkanes of at least 4 members (excludes halogenated alkanes) is 1. The first-order chi connectivity index (χ1) is 18.2. The quantitative estimate of drug-likeness (QED) is 0.309. The molecule has 5 nitrogen and oxygen atoms in total. The van der Waals surface area contributed by atoms with Gasteiger partial charge in [0.1, 0.15) is 11.6 Å². The number of benzene rings is 2. The Morgan fingerprint density at radius 1 is 1.13 bits per heavy atom. The summed E-state index contributed by atoms with van der Waals surface area (Å²) in [6, 6.07) is 12.9. The maximum absolute atomic E-state index is 14.3. The van der Waals surface area contributed by atoms with Gasteiger partial charge in [-0.05, 0) is 91.0 Å². The molecule has 8 heteroatoms. The Balaban J connectivity index is 1.39. The molecule has 0 amide bonds. The Kier molecular flexibility index (Phi) is 7.56. The van der Waals surface area contributed by atoms with Crippen LogP contribution in [0.25, 0.3) is 11.8 Å². The Labute approximate surface area is 224 Å². The molecule has 0 spiro atoms. The zero-order valence-corrected chi connectivity index (χ0v) is 22.9. The largest absolute Gasteiger partial charge is 0.233 e. The van der Waals surface area contributed by atoms with Gasteiger partial charge in [-0.15, -0.1) is 0 Å². The summed E-state index contributed by atoms with van der Waals surface area (Å²) in [6.07, 6.45) is 8.40. The minimum atomic E-state index is -3.47. The second-order valence-electron chi connectivity index (χ2n) is 10.8. The van der Waals surface area contributed by atoms with Crippen LogP contribution in [-0.2, 0) is 22.9 Å². The number of aromatic nitrogens is 2. The highest BCUT2D eigenvalue weighted by Gasteiger charge is 2.46. The lowest BCUT2D eigenvalue weighted by molar-refractivity contribution is 0.221. The van der Waals surface area contributed by atoms with Gasteiger partial charge in [0, 0.05) is 13.1 Å². The third-order valence-corrected chi connectivity index (χ3v) is 10.3. The van der Waals surface area contributed by atoms with Crippen molar-refractivity contribution < 1.29 is 17.2 Å². The number of hydrogen-bond acceptors (Lipinski definition) is 3. The van der Waals surface area contributed by atoms with E-state index < -0.39 is 10.0 Å². The van der Waals surface area contributed by atoms with E-state index in [4.69, 9.17) is 0 Å². The predicted molar refractivity (Wildman–Crippen MR) is 146 cm³/mol. The summed E-state index contributed by atoms with van der Waals surface area (Å²) < 4.78 is 58.1. The molecule has 0 bridgehead atoms. The Hall–Kier alpha value is -2.84. The SMILES string of the molecule is CCCCS(=O)(=O)N(CCc1ccccc1F)CC1CCC2=Cc3c(cnn3-c3ccc(F)cc3)C[C@@]21C. The molecule has 2 aliphatic carbocycles. The van der Waals surface area contributed by atoms with Crippen molar-refractivity contribution in [3.63, 3.8) is 0 Å². The second kappa shape index (κ2) is 10.7. The highest BCUT2D eigenvalue weighted by atomic mass is 32.2. The first kappa shape index (κ1) is 26.8. The third kappa shape index (κ3) is 5.21. The molecule has 1 unspecified atom stereocenters. The summed E-state index contributed by atoms with van der Waals surface area (Å²) in [5.74, 6) is -0.322. The van der Waals surface area contributed by atoms with Crippen LogP contribution >= 0.6 is 0 Å². The number of rotatable bonds is 10. The Morgan fingerprint density at radius 3 is 2.63 bits per heavy atom. The van der Waals surface area contributed by atoms with Crippen LogP contribution in [0.2, 0.25) is 0 Å². The lowest BCUT2D eigenvalue weighted by atomic mass is 9.70. The number of allylic oxidation sites excluding steroid dienone is 1. The molecule has 5 rings (SSSR count). The monoisotopic (exact) mass is 539 g/mol. The van der Waals surface area contributed by atoms with Crippen molar-refractivity contribution >= 4 is 16.1 Å². The van der Waals surface area contributed by atoms with E-state index in [9.17, 15) is 17.2 Å². The molecule has 0 N–H and O–H groups in total. The number of nitrogens with zero attached hydrogens (tertiary/aromatic N) is 3. The molecule has 202 valence electrons. The van der Waals surface area contributed by atoms with Gasteiger partial charge in [0.2, 0.25) is 10.0 Å². The van der Waals surface area contributed by atoms with Crippen molar-refractivity contribution in [1.82, 2.24) is 14.1 Å². The van der Waals surface area contributed by atoms with Gasteiger partial charge >= 0.3 is 0 Å². The molecule has 1 aromatic heterocycles. The topological polar surface area (TPSA) is 55.2 Å². The summed E-state index contributed by atoms with van der Waals surface area (Å²) in [6.45, 7) is 4.92. The molecule has 38 heavy (non-hydrogen) atoms. The highest BCUT2D eigenvalue weighted by Crippen LogP contribution is 2.53. The number of sulfonamides is 1. The van der Waals surface area contributed by atoms with Crippen LogP contribution in [0, 0.1) is 23.0 Å². The van der Waals surface area contributed by atoms with E-state index in [1.54, 1.807) is 34.6 Å². The first-order valence-corrected chi connectivity index (χ1v) is 15.1. The van der Waals surface area contributed by atoms with Crippen molar-refractivity contribution in [2.75, 3.05) is 18.8 Å². The van der Waals surface area contributed by atoms with Gasteiger partial charge in [-0.2, -0.15) is 5.10 Å². The van der Waals surface area contributed by atoms with Crippen molar-refractivity contribution in [3.05, 3.63) is 88.8 Å². The molecule has 0 aliphatic heterocycles. The van der Waals surface area contributed by atoms with Crippen LogP contribution in [0.3, 0.4) is 0 Å². The van der Waals surface area contributed by atoms with Gasteiger partial charge in [0.25, 0.3) is 0 Å². The van der Waals surface area contributed by atoms with E-state index in [1.807, 2.05) is 17.8 Å². The molecule has 1 fully saturated rings. The lowest BCUT2D eigenvalue weighted by Crippen LogP contribution is -2.42. The summed E-state index contributed by atoms with van der Waals surface area (Å²) in [7, 11) is -3.47. The van der Waals surface area contributed by atoms with E-state index in [0.717, 1.165) is 42.6 Å². The smallest absolute Gasteiger partial charge is 0.214 e. The molecule has 2 atom stereocenters. The fraction of sp³-hybridized carbons (Fsp3) is 0.433. The second-order valence-corrected chi connectivity index (χ2v) is 12.9. The van der Waals surface area contributed by atoms with Crippen LogP contribution in [-0.4, -0.2) is 41.3 Å². The molecule has 0 saturated heterocycles. The normalized spacial score (nSPS) is 20.9. The number of hydrogen-bond donors (Lipinski definition) is 0. The van der Waals surface area contributed by atoms with Crippen LogP contribution < -0.4 is 0 Å². The maximum Gasteiger partial charge on any atom is 0.214 e. The van der Waals surface area contributed by atoms with E-state index >= 15 is 0 Å². The molecular weight excluding hydrogens is 504 g/mol. The van der Waals surface area contributed by atoms with E-state index in [-0.39, 0.29) is 35.3 Å². The van der Waals surface area contributed by atoms with E-state index in [0.29, 0.717) is 24.9 Å². The van der Waals surface area contributed by atoms with Crippen LogP contribution in [0.15, 0.2) is 60.3 Å². The van der Waals surface area contributed by atoms with Gasteiger partial charge in [0.05, 0.1) is 23.3 Å². The van der Waals surface area contributed by atoms with Crippen molar-refractivity contribution in [2.45, 2.75) is 52.4 Å². The number of fused-ring (bicyclic) bond motifs is 2. The summed E-state index contributed by atoms with van der Waals surface area (Å²) in [4.78, 5) is 0. The standard InChI is InChI=1S/C30H35F2N3O2S/c1-3-4-17-38(36,37)34(16-15-22-7-5-6-8-28(22)32)21-25-10-9-24-18-29-23(19-30(24,25)2)20-33-35(29)27-13-11-26(31)12-14-27/h5-8,11-14,18,20,25H,3-4,9-10,15-17,19,21H2,1-2H3/t25?,30-/m0/s1. The summed E-state index contributed by atoms with van der Waals surface area (Å²) in [5, 5.41) is 4.59. The minimum absolute atomic E-state index is 0.113. The van der Waals surface area contributed by atoms with Gasteiger partial charge in [-0.3, -0.25) is 0 Å². The molecule has 3 aromatic rings. The number of halogens is 2. The lowest BCUT2D eigenvalue weighted by Gasteiger charge is -2.38. The average Bonchev–Trinajstić information content (AvgIpc) is 3.44. The molecule has 1 heterocycles. The Morgan fingerprint density at radius 2 is 1.89 bits per heavy atom. The van der Waals surface area contributed by atoms with E-state index in [1.165, 1.54) is 23.8 Å². The zero-order valence-electron chi connectivity index (χ0n) is 22.0. The Bertz CT molecular complexity index is 1430. The van der Waals surface area contributed by atoms with Gasteiger partial charge in [-0.25, -0.2) is 26.2 Å². The molecule has 0 radical (unpaired) electrons. The van der Waals surface area contributed by atoms with Crippen molar-refractivity contribution in [1.29, 1.82) is 0 Å². The fourth-order valence-electron chi connectivity index (χ4n) is 6.01. The minimum Gasteiger partial charge on any atom is -0.233 e. The summed E-state index contributed by atoms with van der Waals surface area (Å²) in [5.41, 5.74) is 4.59. The van der Waals surface area contributed by atoms with Crippen LogP contribution in [0.5, 0.6) is 0 Å². The first-order valence-electron chi connectivity index (χ1n) is 13.5.